The molecule has 0 unspecified atom stereocenters. The van der Waals surface area contributed by atoms with Crippen molar-refractivity contribution in [2.24, 2.45) is 23.7 Å². The van der Waals surface area contributed by atoms with Gasteiger partial charge in [-0.2, -0.15) is 10.1 Å². The summed E-state index contributed by atoms with van der Waals surface area (Å²) in [5.74, 6) is -6.27. The molecule has 3 fully saturated rings. The molecule has 2 heterocycles. The minimum Gasteiger partial charge on any atom is -0.508 e. The standard InChI is InChI=1S/C33H29N3O6/c1-18-11-13-20(14-12-18)34-35-30(39)25-17-24-21(15-16-23-27(24)31(40)36(42)29(23)38)28(22-9-5-6-10-26(22)37)33(25,32(35)41)19-7-3-2-4-8-19/h2-15,23-25,27-28,34,37,42H,16-17H2,1H3/t23-,24+,25-,27-,28+,33+/m0/s1. The molecule has 42 heavy (non-hydrogen) atoms. The molecular weight excluding hydrogens is 534 g/mol. The van der Waals surface area contributed by atoms with E-state index < -0.39 is 58.6 Å². The summed E-state index contributed by atoms with van der Waals surface area (Å²) in [5.41, 5.74) is 4.96. The second kappa shape index (κ2) is 9.39. The number of nitrogens with zero attached hydrogens (tertiary/aromatic N) is 2. The fraction of sp³-hybridized carbons (Fsp3) is 0.273. The molecular formula is C33H29N3O6. The first-order chi connectivity index (χ1) is 20.2. The Morgan fingerprint density at radius 3 is 2.24 bits per heavy atom. The molecule has 3 aromatic rings. The average molecular weight is 564 g/mol. The quantitative estimate of drug-likeness (QED) is 0.248. The average Bonchev–Trinajstić information content (AvgIpc) is 3.35. The Kier molecular flexibility index (Phi) is 5.85. The molecule has 6 atom stereocenters. The highest BCUT2D eigenvalue weighted by Crippen LogP contribution is 2.64. The summed E-state index contributed by atoms with van der Waals surface area (Å²) in [4.78, 5) is 55.3. The third kappa shape index (κ3) is 3.46. The molecule has 1 saturated carbocycles. The van der Waals surface area contributed by atoms with E-state index >= 15 is 0 Å². The van der Waals surface area contributed by atoms with Crippen LogP contribution in [0.2, 0.25) is 0 Å². The van der Waals surface area contributed by atoms with E-state index in [2.05, 4.69) is 5.43 Å². The van der Waals surface area contributed by atoms with Crippen LogP contribution in [0.25, 0.3) is 0 Å². The third-order valence-electron chi connectivity index (χ3n) is 9.62. The van der Waals surface area contributed by atoms with Crippen molar-refractivity contribution in [3.8, 4) is 5.75 Å². The van der Waals surface area contributed by atoms with Crippen LogP contribution in [0.4, 0.5) is 5.69 Å². The number of hydrogen-bond acceptors (Lipinski definition) is 7. The highest BCUT2D eigenvalue weighted by Gasteiger charge is 2.70. The van der Waals surface area contributed by atoms with Gasteiger partial charge < -0.3 is 5.11 Å². The Hall–Kier alpha value is -4.76. The molecule has 0 radical (unpaired) electrons. The van der Waals surface area contributed by atoms with E-state index in [1.165, 1.54) is 0 Å². The Labute approximate surface area is 242 Å². The number of aryl methyl sites for hydroxylation is 1. The third-order valence-corrected chi connectivity index (χ3v) is 9.62. The zero-order valence-electron chi connectivity index (χ0n) is 22.8. The number of anilines is 1. The summed E-state index contributed by atoms with van der Waals surface area (Å²) < 4.78 is 0. The van der Waals surface area contributed by atoms with Gasteiger partial charge in [0.15, 0.2) is 0 Å². The molecule has 2 aliphatic carbocycles. The molecule has 3 N–H and O–H groups in total. The van der Waals surface area contributed by atoms with Gasteiger partial charge in [0.1, 0.15) is 5.75 Å². The highest BCUT2D eigenvalue weighted by molar-refractivity contribution is 6.13. The lowest BCUT2D eigenvalue weighted by atomic mass is 9.49. The lowest BCUT2D eigenvalue weighted by molar-refractivity contribution is -0.173. The first-order valence-corrected chi connectivity index (χ1v) is 14.1. The maximum Gasteiger partial charge on any atom is 0.260 e. The predicted molar refractivity (Wildman–Crippen MR) is 151 cm³/mol. The van der Waals surface area contributed by atoms with Crippen molar-refractivity contribution in [3.63, 3.8) is 0 Å². The number of benzene rings is 3. The number of carbonyl (C=O) groups is 4. The number of allylic oxidation sites excluding steroid dienone is 2. The van der Waals surface area contributed by atoms with Crippen LogP contribution in [0.5, 0.6) is 5.75 Å². The second-order valence-corrected chi connectivity index (χ2v) is 11.6. The number of phenolic OH excluding ortho intramolecular Hbond substituents is 1. The van der Waals surface area contributed by atoms with Crippen LogP contribution in [-0.2, 0) is 24.6 Å². The van der Waals surface area contributed by atoms with Crippen LogP contribution in [-0.4, -0.2) is 44.0 Å². The summed E-state index contributed by atoms with van der Waals surface area (Å²) >= 11 is 0. The lowest BCUT2D eigenvalue weighted by Gasteiger charge is -2.50. The van der Waals surface area contributed by atoms with Gasteiger partial charge in [-0.3, -0.25) is 29.8 Å². The van der Waals surface area contributed by atoms with Crippen molar-refractivity contribution in [2.45, 2.75) is 31.1 Å². The second-order valence-electron chi connectivity index (χ2n) is 11.6. The van der Waals surface area contributed by atoms with Crippen LogP contribution in [0, 0.1) is 30.6 Å². The number of hydroxylamine groups is 2. The molecule has 9 nitrogen and oxygen atoms in total. The van der Waals surface area contributed by atoms with Gasteiger partial charge >= 0.3 is 0 Å². The predicted octanol–water partition coefficient (Wildman–Crippen LogP) is 4.07. The summed E-state index contributed by atoms with van der Waals surface area (Å²) in [5, 5.41) is 22.8. The van der Waals surface area contributed by atoms with Crippen LogP contribution in [0.1, 0.15) is 35.4 Å². The number of nitrogens with one attached hydrogen (secondary N) is 1. The molecule has 7 rings (SSSR count). The van der Waals surface area contributed by atoms with E-state index in [-0.39, 0.29) is 23.7 Å². The Morgan fingerprint density at radius 2 is 1.52 bits per heavy atom. The number of para-hydroxylation sites is 1. The Morgan fingerprint density at radius 1 is 0.833 bits per heavy atom. The van der Waals surface area contributed by atoms with Gasteiger partial charge in [0.2, 0.25) is 0 Å². The van der Waals surface area contributed by atoms with Gasteiger partial charge in [0, 0.05) is 11.5 Å². The van der Waals surface area contributed by atoms with E-state index in [1.807, 2.05) is 55.5 Å². The van der Waals surface area contributed by atoms with Gasteiger partial charge in [0.25, 0.3) is 23.6 Å². The number of phenols is 1. The van der Waals surface area contributed by atoms with Gasteiger partial charge in [-0.25, -0.2) is 0 Å². The molecule has 2 saturated heterocycles. The SMILES string of the molecule is Cc1ccc(NN2C(=O)[C@@H]3C[C@@H]4C(=CC[C@@H]5C(=O)N(O)C(=O)[C@@H]54)[C@H](c4ccccc4O)[C@]3(c3ccccc3)C2=O)cc1. The first-order valence-electron chi connectivity index (χ1n) is 14.1. The summed E-state index contributed by atoms with van der Waals surface area (Å²) in [6.07, 6.45) is 2.20. The summed E-state index contributed by atoms with van der Waals surface area (Å²) in [7, 11) is 0. The number of imide groups is 2. The molecule has 2 aliphatic heterocycles. The fourth-order valence-electron chi connectivity index (χ4n) is 7.81. The van der Waals surface area contributed by atoms with Crippen molar-refractivity contribution in [1.82, 2.24) is 10.1 Å². The van der Waals surface area contributed by atoms with Gasteiger partial charge in [-0.15, -0.1) is 0 Å². The molecule has 4 amide bonds. The number of hydrogen-bond donors (Lipinski definition) is 3. The highest BCUT2D eigenvalue weighted by atomic mass is 16.5. The lowest BCUT2D eigenvalue weighted by Crippen LogP contribution is -2.53. The van der Waals surface area contributed by atoms with E-state index in [0.29, 0.717) is 22.4 Å². The smallest absolute Gasteiger partial charge is 0.260 e. The van der Waals surface area contributed by atoms with Crippen molar-refractivity contribution in [2.75, 3.05) is 5.43 Å². The minimum atomic E-state index is -1.45. The van der Waals surface area contributed by atoms with Crippen LogP contribution in [0.15, 0.2) is 90.5 Å². The van der Waals surface area contributed by atoms with Gasteiger partial charge in [0.05, 0.1) is 28.9 Å². The Balaban J connectivity index is 1.47. The minimum absolute atomic E-state index is 0.0389. The molecule has 3 aromatic carbocycles. The maximum absolute atomic E-state index is 14.9. The number of carbonyl (C=O) groups excluding carboxylic acids is 4. The summed E-state index contributed by atoms with van der Waals surface area (Å²) in [6.45, 7) is 1.94. The van der Waals surface area contributed by atoms with E-state index in [4.69, 9.17) is 0 Å². The van der Waals surface area contributed by atoms with E-state index in [0.717, 1.165) is 10.6 Å². The van der Waals surface area contributed by atoms with E-state index in [1.54, 1.807) is 36.4 Å². The van der Waals surface area contributed by atoms with Crippen molar-refractivity contribution >= 4 is 29.3 Å². The van der Waals surface area contributed by atoms with Crippen molar-refractivity contribution in [1.29, 1.82) is 0 Å². The first kappa shape index (κ1) is 26.2. The monoisotopic (exact) mass is 563 g/mol. The van der Waals surface area contributed by atoms with Gasteiger partial charge in [-0.05, 0) is 49.4 Å². The van der Waals surface area contributed by atoms with Crippen LogP contribution >= 0.6 is 0 Å². The number of amides is 4. The number of hydrazine groups is 1. The molecule has 0 spiro atoms. The molecule has 0 aromatic heterocycles. The molecule has 212 valence electrons. The topological polar surface area (TPSA) is 127 Å². The van der Waals surface area contributed by atoms with Crippen molar-refractivity contribution < 1.29 is 29.5 Å². The number of aromatic hydroxyl groups is 1. The van der Waals surface area contributed by atoms with Crippen LogP contribution < -0.4 is 5.43 Å². The normalized spacial score (nSPS) is 30.1. The van der Waals surface area contributed by atoms with E-state index in [9.17, 15) is 29.5 Å². The summed E-state index contributed by atoms with van der Waals surface area (Å²) in [6, 6.07) is 23.2. The van der Waals surface area contributed by atoms with Crippen molar-refractivity contribution in [3.05, 3.63) is 107 Å². The van der Waals surface area contributed by atoms with Crippen LogP contribution in [0.3, 0.4) is 0 Å². The largest absolute Gasteiger partial charge is 0.508 e. The van der Waals surface area contributed by atoms with Gasteiger partial charge in [-0.1, -0.05) is 77.9 Å². The Bertz CT molecular complexity index is 1670. The zero-order valence-corrected chi connectivity index (χ0v) is 22.8. The number of rotatable bonds is 4. The fourth-order valence-corrected chi connectivity index (χ4v) is 7.81. The number of fused-ring (bicyclic) bond motifs is 4. The zero-order chi connectivity index (χ0) is 29.3. The molecule has 4 aliphatic rings. The molecule has 0 bridgehead atoms. The molecule has 9 heteroatoms. The maximum atomic E-state index is 14.9.